The monoisotopic (exact) mass is 266 g/mol. The van der Waals surface area contributed by atoms with E-state index < -0.39 is 0 Å². The maximum absolute atomic E-state index is 11.7. The third-order valence-electron chi connectivity index (χ3n) is 2.49. The first-order chi connectivity index (χ1) is 7.84. The van der Waals surface area contributed by atoms with Crippen LogP contribution >= 0.6 is 12.4 Å². The lowest BCUT2D eigenvalue weighted by atomic mass is 10.4. The molecule has 0 aromatic heterocycles. The molecule has 0 atom stereocenters. The van der Waals surface area contributed by atoms with Crippen molar-refractivity contribution in [3.63, 3.8) is 0 Å². The molecule has 0 radical (unpaired) electrons. The molecule has 0 aromatic carbocycles. The van der Waals surface area contributed by atoms with Crippen molar-refractivity contribution in [1.82, 2.24) is 10.2 Å². The van der Waals surface area contributed by atoms with Crippen molar-refractivity contribution in [3.8, 4) is 0 Å². The van der Waals surface area contributed by atoms with Crippen LogP contribution in [0.4, 0.5) is 0 Å². The molecular weight excluding hydrogens is 244 g/mol. The normalized spacial score (nSPS) is 16.2. The zero-order valence-corrected chi connectivity index (χ0v) is 11.3. The molecule has 1 saturated heterocycles. The largest absolute Gasteiger partial charge is 0.379 e. The maximum atomic E-state index is 11.7. The lowest BCUT2D eigenvalue weighted by Gasteiger charge is -2.19. The summed E-state index contributed by atoms with van der Waals surface area (Å²) in [5, 5.41) is 3.26. The standard InChI is InChI=1S/C11H22N2O3.ClH/c1-2-15-8-9-16-10-11(14)13-6-3-4-12-5-7-13;/h12H,2-10H2,1H3;1H. The molecule has 1 N–H and O–H groups in total. The van der Waals surface area contributed by atoms with Crippen LogP contribution in [0.2, 0.25) is 0 Å². The van der Waals surface area contributed by atoms with Crippen molar-refractivity contribution >= 4 is 18.3 Å². The average molecular weight is 267 g/mol. The summed E-state index contributed by atoms with van der Waals surface area (Å²) < 4.78 is 10.4. The molecule has 0 aliphatic carbocycles. The van der Waals surface area contributed by atoms with Gasteiger partial charge in [-0.1, -0.05) is 0 Å². The van der Waals surface area contributed by atoms with Crippen LogP contribution in [0.15, 0.2) is 0 Å². The van der Waals surface area contributed by atoms with E-state index in [1.54, 1.807) is 0 Å². The van der Waals surface area contributed by atoms with Gasteiger partial charge in [0.15, 0.2) is 0 Å². The molecule has 1 rings (SSSR count). The van der Waals surface area contributed by atoms with Gasteiger partial charge in [0.2, 0.25) is 5.91 Å². The fraction of sp³-hybridized carbons (Fsp3) is 0.909. The molecule has 0 unspecified atom stereocenters. The Morgan fingerprint density at radius 1 is 1.24 bits per heavy atom. The molecule has 17 heavy (non-hydrogen) atoms. The summed E-state index contributed by atoms with van der Waals surface area (Å²) in [5.74, 6) is 0.0835. The van der Waals surface area contributed by atoms with Crippen molar-refractivity contribution < 1.29 is 14.3 Å². The molecule has 1 aliphatic heterocycles. The van der Waals surface area contributed by atoms with E-state index in [0.717, 1.165) is 32.6 Å². The quantitative estimate of drug-likeness (QED) is 0.702. The van der Waals surface area contributed by atoms with Gasteiger partial charge in [-0.3, -0.25) is 4.79 Å². The molecule has 0 bridgehead atoms. The van der Waals surface area contributed by atoms with Gasteiger partial charge in [-0.25, -0.2) is 0 Å². The Hall–Kier alpha value is -0.360. The predicted octanol–water partition coefficient (Wildman–Crippen LogP) is 0.283. The molecule has 1 aliphatic rings. The topological polar surface area (TPSA) is 50.8 Å². The Labute approximate surface area is 109 Å². The molecule has 102 valence electrons. The van der Waals surface area contributed by atoms with Gasteiger partial charge in [0, 0.05) is 26.2 Å². The van der Waals surface area contributed by atoms with Gasteiger partial charge in [-0.05, 0) is 19.9 Å². The highest BCUT2D eigenvalue weighted by Crippen LogP contribution is 1.96. The first kappa shape index (κ1) is 16.6. The van der Waals surface area contributed by atoms with E-state index in [0.29, 0.717) is 19.8 Å². The molecule has 0 spiro atoms. The Balaban J connectivity index is 0.00000256. The van der Waals surface area contributed by atoms with Crippen LogP contribution in [0, 0.1) is 0 Å². The third-order valence-corrected chi connectivity index (χ3v) is 2.49. The molecular formula is C11H23ClN2O3. The number of nitrogens with one attached hydrogen (secondary N) is 1. The zero-order chi connectivity index (χ0) is 11.6. The van der Waals surface area contributed by atoms with Gasteiger partial charge >= 0.3 is 0 Å². The van der Waals surface area contributed by atoms with E-state index in [4.69, 9.17) is 9.47 Å². The van der Waals surface area contributed by atoms with Gasteiger partial charge in [0.1, 0.15) is 6.61 Å². The first-order valence-electron chi connectivity index (χ1n) is 5.98. The second-order valence-corrected chi connectivity index (χ2v) is 3.73. The number of carbonyl (C=O) groups is 1. The highest BCUT2D eigenvalue weighted by molar-refractivity contribution is 5.85. The van der Waals surface area contributed by atoms with Crippen LogP contribution in [0.25, 0.3) is 0 Å². The van der Waals surface area contributed by atoms with Crippen LogP contribution in [0.3, 0.4) is 0 Å². The minimum atomic E-state index is 0. The van der Waals surface area contributed by atoms with E-state index in [2.05, 4.69) is 5.32 Å². The SMILES string of the molecule is CCOCCOCC(=O)N1CCCNCC1.Cl. The summed E-state index contributed by atoms with van der Waals surface area (Å²) in [5.41, 5.74) is 0. The van der Waals surface area contributed by atoms with E-state index in [9.17, 15) is 4.79 Å². The van der Waals surface area contributed by atoms with Crippen molar-refractivity contribution in [3.05, 3.63) is 0 Å². The summed E-state index contributed by atoms with van der Waals surface area (Å²) >= 11 is 0. The number of rotatable bonds is 6. The number of carbonyl (C=O) groups excluding carboxylic acids is 1. The minimum absolute atomic E-state index is 0. The van der Waals surface area contributed by atoms with Crippen molar-refractivity contribution in [2.75, 3.05) is 52.6 Å². The van der Waals surface area contributed by atoms with Crippen LogP contribution in [-0.4, -0.2) is 63.4 Å². The Bertz CT molecular complexity index is 197. The van der Waals surface area contributed by atoms with E-state index in [-0.39, 0.29) is 24.9 Å². The average Bonchev–Trinajstić information content (AvgIpc) is 2.57. The number of hydrogen-bond donors (Lipinski definition) is 1. The van der Waals surface area contributed by atoms with E-state index in [1.165, 1.54) is 0 Å². The van der Waals surface area contributed by atoms with Crippen molar-refractivity contribution in [1.29, 1.82) is 0 Å². The number of halogens is 1. The Morgan fingerprint density at radius 2 is 2.00 bits per heavy atom. The highest BCUT2D eigenvalue weighted by atomic mass is 35.5. The van der Waals surface area contributed by atoms with Gasteiger partial charge in [-0.2, -0.15) is 0 Å². The van der Waals surface area contributed by atoms with Gasteiger partial charge in [-0.15, -0.1) is 12.4 Å². The number of ether oxygens (including phenoxy) is 2. The summed E-state index contributed by atoms with van der Waals surface area (Å²) in [4.78, 5) is 13.6. The lowest BCUT2D eigenvalue weighted by molar-refractivity contribution is -0.136. The summed E-state index contributed by atoms with van der Waals surface area (Å²) in [6.45, 7) is 7.35. The van der Waals surface area contributed by atoms with Crippen molar-refractivity contribution in [2.24, 2.45) is 0 Å². The summed E-state index contributed by atoms with van der Waals surface area (Å²) in [6.07, 6.45) is 1.02. The molecule has 1 fully saturated rings. The molecule has 0 aromatic rings. The molecule has 6 heteroatoms. The first-order valence-corrected chi connectivity index (χ1v) is 5.98. The molecule has 0 saturated carbocycles. The Morgan fingerprint density at radius 3 is 2.76 bits per heavy atom. The van der Waals surface area contributed by atoms with E-state index >= 15 is 0 Å². The minimum Gasteiger partial charge on any atom is -0.379 e. The van der Waals surface area contributed by atoms with Crippen LogP contribution in [0.5, 0.6) is 0 Å². The fourth-order valence-electron chi connectivity index (χ4n) is 1.61. The maximum Gasteiger partial charge on any atom is 0.248 e. The number of hydrogen-bond acceptors (Lipinski definition) is 4. The third kappa shape index (κ3) is 7.54. The predicted molar refractivity (Wildman–Crippen MR) is 68.6 cm³/mol. The lowest BCUT2D eigenvalue weighted by Crippen LogP contribution is -2.36. The van der Waals surface area contributed by atoms with Gasteiger partial charge < -0.3 is 19.7 Å². The number of nitrogens with zero attached hydrogens (tertiary/aromatic N) is 1. The second-order valence-electron chi connectivity index (χ2n) is 3.73. The zero-order valence-electron chi connectivity index (χ0n) is 10.4. The summed E-state index contributed by atoms with van der Waals surface area (Å²) in [7, 11) is 0. The van der Waals surface area contributed by atoms with Gasteiger partial charge in [0.25, 0.3) is 0 Å². The van der Waals surface area contributed by atoms with Crippen LogP contribution in [0.1, 0.15) is 13.3 Å². The molecule has 1 amide bonds. The van der Waals surface area contributed by atoms with Crippen LogP contribution < -0.4 is 5.32 Å². The molecule has 5 nitrogen and oxygen atoms in total. The highest BCUT2D eigenvalue weighted by Gasteiger charge is 2.14. The summed E-state index contributed by atoms with van der Waals surface area (Å²) in [6, 6.07) is 0. The second kappa shape index (κ2) is 10.8. The fourth-order valence-corrected chi connectivity index (χ4v) is 1.61. The smallest absolute Gasteiger partial charge is 0.248 e. The number of amides is 1. The van der Waals surface area contributed by atoms with Crippen molar-refractivity contribution in [2.45, 2.75) is 13.3 Å². The molecule has 1 heterocycles. The van der Waals surface area contributed by atoms with Gasteiger partial charge in [0.05, 0.1) is 13.2 Å². The van der Waals surface area contributed by atoms with E-state index in [1.807, 2.05) is 11.8 Å². The van der Waals surface area contributed by atoms with Crippen LogP contribution in [-0.2, 0) is 14.3 Å². The Kier molecular flexibility index (Phi) is 10.5.